The van der Waals surface area contributed by atoms with E-state index in [1.54, 1.807) is 47.1 Å². The number of thiophene rings is 1. The van der Waals surface area contributed by atoms with Gasteiger partial charge in [-0.25, -0.2) is 8.42 Å². The number of benzene rings is 1. The van der Waals surface area contributed by atoms with Gasteiger partial charge in [-0.1, -0.05) is 6.07 Å². The highest BCUT2D eigenvalue weighted by Gasteiger charge is 2.30. The van der Waals surface area contributed by atoms with Crippen molar-refractivity contribution < 1.29 is 17.9 Å². The van der Waals surface area contributed by atoms with Crippen LogP contribution in [0.3, 0.4) is 0 Å². The Hall–Kier alpha value is -2.62. The van der Waals surface area contributed by atoms with Crippen LogP contribution in [0.5, 0.6) is 5.75 Å². The van der Waals surface area contributed by atoms with E-state index in [1.807, 2.05) is 29.6 Å². The fourth-order valence-electron chi connectivity index (χ4n) is 3.70. The predicted molar refractivity (Wildman–Crippen MR) is 121 cm³/mol. The minimum absolute atomic E-state index is 0.158. The second kappa shape index (κ2) is 8.86. The zero-order chi connectivity index (χ0) is 22.0. The van der Waals surface area contributed by atoms with Gasteiger partial charge in [0.1, 0.15) is 16.3 Å². The molecule has 0 saturated carbocycles. The number of nitrogens with zero attached hydrogens (tertiary/aromatic N) is 3. The topological polar surface area (TPSA) is 71.8 Å². The fourth-order valence-corrected chi connectivity index (χ4v) is 5.99. The van der Waals surface area contributed by atoms with Crippen molar-refractivity contribution in [1.29, 1.82) is 0 Å². The molecule has 1 aromatic carbocycles. The molecule has 0 unspecified atom stereocenters. The summed E-state index contributed by atoms with van der Waals surface area (Å²) in [5, 5.41) is 1.97. The van der Waals surface area contributed by atoms with Crippen LogP contribution in [-0.2, 0) is 23.6 Å². The minimum atomic E-state index is -3.60. The Balaban J connectivity index is 1.68. The van der Waals surface area contributed by atoms with Gasteiger partial charge in [0.25, 0.3) is 5.91 Å². The summed E-state index contributed by atoms with van der Waals surface area (Å²) >= 11 is 1.57. The van der Waals surface area contributed by atoms with E-state index in [9.17, 15) is 13.2 Å². The van der Waals surface area contributed by atoms with Crippen molar-refractivity contribution in [3.05, 3.63) is 64.6 Å². The average Bonchev–Trinajstić information content (AvgIpc) is 3.54. The van der Waals surface area contributed by atoms with E-state index in [-0.39, 0.29) is 10.8 Å². The first-order chi connectivity index (χ1) is 14.9. The third-order valence-corrected chi connectivity index (χ3v) is 8.15. The lowest BCUT2D eigenvalue weighted by molar-refractivity contribution is 0.0977. The van der Waals surface area contributed by atoms with Crippen LogP contribution < -0.4 is 9.64 Å². The van der Waals surface area contributed by atoms with Crippen LogP contribution >= 0.6 is 11.3 Å². The Bertz CT molecular complexity index is 1150. The Morgan fingerprint density at radius 2 is 1.87 bits per heavy atom. The number of hydrogen-bond acceptors (Lipinski definition) is 5. The standard InChI is InChI=1S/C22H25N3O4S2/c1-23-16-20(31(27,28)24-11-3-4-12-24)14-21(23)22(26)25(15-19-6-5-13-30-19)17-7-9-18(29-2)10-8-17/h5-10,13-14,16H,3-4,11-12,15H2,1-2H3. The molecule has 31 heavy (non-hydrogen) atoms. The Kier molecular flexibility index (Phi) is 6.17. The zero-order valence-corrected chi connectivity index (χ0v) is 19.2. The van der Waals surface area contributed by atoms with Crippen LogP contribution in [0.25, 0.3) is 0 Å². The fraction of sp³-hybridized carbons (Fsp3) is 0.318. The van der Waals surface area contributed by atoms with Crippen molar-refractivity contribution in [1.82, 2.24) is 8.87 Å². The number of carbonyl (C=O) groups is 1. The molecule has 9 heteroatoms. The van der Waals surface area contributed by atoms with E-state index in [4.69, 9.17) is 4.74 Å². The molecule has 3 aromatic rings. The van der Waals surface area contributed by atoms with Crippen molar-refractivity contribution >= 4 is 33.0 Å². The summed E-state index contributed by atoms with van der Waals surface area (Å²) in [6, 6.07) is 12.7. The van der Waals surface area contributed by atoms with Gasteiger partial charge >= 0.3 is 0 Å². The van der Waals surface area contributed by atoms with Crippen LogP contribution in [0, 0.1) is 0 Å². The maximum atomic E-state index is 13.6. The second-order valence-electron chi connectivity index (χ2n) is 7.45. The maximum absolute atomic E-state index is 13.6. The number of amides is 1. The molecule has 0 aliphatic carbocycles. The van der Waals surface area contributed by atoms with Crippen molar-refractivity contribution in [3.63, 3.8) is 0 Å². The first-order valence-electron chi connectivity index (χ1n) is 10.0. The minimum Gasteiger partial charge on any atom is -0.497 e. The van der Waals surface area contributed by atoms with Crippen LogP contribution in [-0.4, -0.2) is 43.4 Å². The van der Waals surface area contributed by atoms with Crippen molar-refractivity contribution in [2.45, 2.75) is 24.3 Å². The molecule has 0 radical (unpaired) electrons. The molecule has 1 fully saturated rings. The Morgan fingerprint density at radius 3 is 2.48 bits per heavy atom. The summed E-state index contributed by atoms with van der Waals surface area (Å²) in [5.74, 6) is 0.439. The normalized spacial score (nSPS) is 14.6. The lowest BCUT2D eigenvalue weighted by atomic mass is 10.2. The highest BCUT2D eigenvalue weighted by atomic mass is 32.2. The SMILES string of the molecule is COc1ccc(N(Cc2cccs2)C(=O)c2cc(S(=O)(=O)N3CCCC3)cn2C)cc1. The summed E-state index contributed by atoms with van der Waals surface area (Å²) in [5.41, 5.74) is 1.04. The summed E-state index contributed by atoms with van der Waals surface area (Å²) < 4.78 is 34.2. The first-order valence-corrected chi connectivity index (χ1v) is 12.4. The summed E-state index contributed by atoms with van der Waals surface area (Å²) in [6.07, 6.45) is 3.26. The molecule has 2 aromatic heterocycles. The monoisotopic (exact) mass is 459 g/mol. The number of ether oxygens (including phenoxy) is 1. The van der Waals surface area contributed by atoms with Gasteiger partial charge in [0.15, 0.2) is 0 Å². The third-order valence-electron chi connectivity index (χ3n) is 5.43. The van der Waals surface area contributed by atoms with Crippen LogP contribution in [0.2, 0.25) is 0 Å². The molecule has 0 atom stereocenters. The lowest BCUT2D eigenvalue weighted by Crippen LogP contribution is -2.31. The van der Waals surface area contributed by atoms with Crippen molar-refractivity contribution in [2.24, 2.45) is 7.05 Å². The molecular weight excluding hydrogens is 434 g/mol. The maximum Gasteiger partial charge on any atom is 0.275 e. The molecule has 1 aliphatic heterocycles. The van der Waals surface area contributed by atoms with Gasteiger partial charge in [-0.3, -0.25) is 4.79 Å². The summed E-state index contributed by atoms with van der Waals surface area (Å²) in [7, 11) is -0.301. The van der Waals surface area contributed by atoms with Crippen molar-refractivity contribution in [2.75, 3.05) is 25.1 Å². The quantitative estimate of drug-likeness (QED) is 0.540. The number of sulfonamides is 1. The van der Waals surface area contributed by atoms with Gasteiger partial charge < -0.3 is 14.2 Å². The van der Waals surface area contributed by atoms with Crippen LogP contribution in [0.1, 0.15) is 28.2 Å². The molecule has 1 aliphatic rings. The number of anilines is 1. The number of rotatable bonds is 7. The molecule has 0 spiro atoms. The Labute approximate surface area is 186 Å². The number of methoxy groups -OCH3 is 1. The van der Waals surface area contributed by atoms with E-state index < -0.39 is 10.0 Å². The molecule has 1 saturated heterocycles. The van der Waals surface area contributed by atoms with E-state index in [0.717, 1.165) is 17.7 Å². The lowest BCUT2D eigenvalue weighted by Gasteiger charge is -2.23. The van der Waals surface area contributed by atoms with Gasteiger partial charge in [-0.05, 0) is 54.6 Å². The largest absolute Gasteiger partial charge is 0.497 e. The molecule has 1 amide bonds. The third kappa shape index (κ3) is 4.39. The molecule has 0 N–H and O–H groups in total. The number of aryl methyl sites for hydroxylation is 1. The molecule has 4 rings (SSSR count). The van der Waals surface area contributed by atoms with E-state index in [0.29, 0.717) is 36.8 Å². The van der Waals surface area contributed by atoms with E-state index in [1.165, 1.54) is 16.6 Å². The van der Waals surface area contributed by atoms with E-state index >= 15 is 0 Å². The van der Waals surface area contributed by atoms with Gasteiger partial charge in [-0.15, -0.1) is 11.3 Å². The van der Waals surface area contributed by atoms with Gasteiger partial charge in [0.2, 0.25) is 10.0 Å². The molecule has 0 bridgehead atoms. The van der Waals surface area contributed by atoms with Crippen molar-refractivity contribution in [3.8, 4) is 5.75 Å². The summed E-state index contributed by atoms with van der Waals surface area (Å²) in [6.45, 7) is 1.44. The van der Waals surface area contributed by atoms with Gasteiger partial charge in [0.05, 0.1) is 13.7 Å². The number of carbonyl (C=O) groups excluding carboxylic acids is 1. The smallest absolute Gasteiger partial charge is 0.275 e. The second-order valence-corrected chi connectivity index (χ2v) is 10.4. The van der Waals surface area contributed by atoms with Gasteiger partial charge in [-0.2, -0.15) is 4.31 Å². The molecular formula is C22H25N3O4S2. The van der Waals surface area contributed by atoms with Gasteiger partial charge in [0, 0.05) is 36.9 Å². The summed E-state index contributed by atoms with van der Waals surface area (Å²) in [4.78, 5) is 16.4. The predicted octanol–water partition coefficient (Wildman–Crippen LogP) is 3.73. The molecule has 164 valence electrons. The highest BCUT2D eigenvalue weighted by molar-refractivity contribution is 7.89. The average molecular weight is 460 g/mol. The zero-order valence-electron chi connectivity index (χ0n) is 17.5. The van der Waals surface area contributed by atoms with E-state index in [2.05, 4.69) is 0 Å². The molecule has 3 heterocycles. The number of aromatic nitrogens is 1. The number of hydrogen-bond donors (Lipinski definition) is 0. The Morgan fingerprint density at radius 1 is 1.16 bits per heavy atom. The highest BCUT2D eigenvalue weighted by Crippen LogP contribution is 2.27. The molecule has 7 nitrogen and oxygen atoms in total. The van der Waals surface area contributed by atoms with Crippen LogP contribution in [0.4, 0.5) is 5.69 Å². The van der Waals surface area contributed by atoms with Crippen LogP contribution in [0.15, 0.2) is 58.9 Å². The first kappa shape index (κ1) is 21.6.